The third-order valence-corrected chi connectivity index (χ3v) is 4.72. The molecule has 0 radical (unpaired) electrons. The Hall–Kier alpha value is -2.80. The van der Waals surface area contributed by atoms with Crippen LogP contribution in [0, 0.1) is 13.8 Å². The van der Waals surface area contributed by atoms with Crippen LogP contribution in [0.15, 0.2) is 77.2 Å². The molecule has 0 bridgehead atoms. The molecule has 0 atom stereocenters. The molecule has 1 heteroatoms. The molecule has 0 amide bonds. The second-order valence-corrected chi connectivity index (χ2v) is 6.32. The van der Waals surface area contributed by atoms with Crippen LogP contribution in [0.1, 0.15) is 22.3 Å². The number of para-hydroxylation sites is 1. The molecule has 0 saturated heterocycles. The van der Waals surface area contributed by atoms with Crippen molar-refractivity contribution in [3.63, 3.8) is 0 Å². The van der Waals surface area contributed by atoms with Gasteiger partial charge in [0, 0.05) is 22.9 Å². The fourth-order valence-corrected chi connectivity index (χ4v) is 3.32. The van der Waals surface area contributed by atoms with Crippen LogP contribution in [0.5, 0.6) is 0 Å². The first-order valence-electron chi connectivity index (χ1n) is 8.35. The lowest BCUT2D eigenvalue weighted by Gasteiger charge is -2.08. The van der Waals surface area contributed by atoms with E-state index in [-0.39, 0.29) is 0 Å². The summed E-state index contributed by atoms with van der Waals surface area (Å²) in [5.74, 6) is 0.998. The topological polar surface area (TPSA) is 13.1 Å². The van der Waals surface area contributed by atoms with Crippen LogP contribution >= 0.6 is 0 Å². The lowest BCUT2D eigenvalue weighted by molar-refractivity contribution is 0.627. The summed E-state index contributed by atoms with van der Waals surface area (Å²) >= 11 is 0. The minimum atomic E-state index is 0.882. The van der Waals surface area contributed by atoms with Gasteiger partial charge in [-0.3, -0.25) is 0 Å². The van der Waals surface area contributed by atoms with Gasteiger partial charge < -0.3 is 4.42 Å². The summed E-state index contributed by atoms with van der Waals surface area (Å²) in [5.41, 5.74) is 7.31. The smallest absolute Gasteiger partial charge is 0.139 e. The summed E-state index contributed by atoms with van der Waals surface area (Å²) in [5, 5.41) is 1.21. The monoisotopic (exact) mass is 312 g/mol. The minimum absolute atomic E-state index is 0.882. The molecule has 0 unspecified atom stereocenters. The zero-order valence-electron chi connectivity index (χ0n) is 14.0. The summed E-state index contributed by atoms with van der Waals surface area (Å²) in [6, 6.07) is 25.3. The standard InChI is InChI=1S/C23H20O/c1-16-9-3-5-11-18(16)15-21-20-13-7-8-14-22(20)24-23(21)19-12-6-4-10-17(19)2/h3-14H,15H2,1-2H3. The molecular weight excluding hydrogens is 292 g/mol. The molecule has 0 spiro atoms. The Morgan fingerprint density at radius 3 is 2.17 bits per heavy atom. The SMILES string of the molecule is Cc1ccccc1Cc1c(-c2ccccc2C)oc2ccccc12. The Morgan fingerprint density at radius 2 is 1.38 bits per heavy atom. The number of hydrogen-bond acceptors (Lipinski definition) is 1. The summed E-state index contributed by atoms with van der Waals surface area (Å²) < 4.78 is 6.28. The molecule has 3 aromatic carbocycles. The van der Waals surface area contributed by atoms with Crippen LogP contribution < -0.4 is 0 Å². The van der Waals surface area contributed by atoms with E-state index in [9.17, 15) is 0 Å². The Bertz CT molecular complexity index is 1010. The summed E-state index contributed by atoms with van der Waals surface area (Å²) in [7, 11) is 0. The Balaban J connectivity index is 1.94. The maximum atomic E-state index is 6.28. The third-order valence-electron chi connectivity index (χ3n) is 4.72. The molecule has 1 heterocycles. The molecule has 0 aliphatic rings. The predicted molar refractivity (Wildman–Crippen MR) is 100 cm³/mol. The van der Waals surface area contributed by atoms with Crippen molar-refractivity contribution in [1.29, 1.82) is 0 Å². The molecule has 118 valence electrons. The molecule has 0 aliphatic carbocycles. The largest absolute Gasteiger partial charge is 0.456 e. The lowest BCUT2D eigenvalue weighted by Crippen LogP contribution is -1.93. The highest BCUT2D eigenvalue weighted by molar-refractivity contribution is 5.89. The maximum absolute atomic E-state index is 6.28. The van der Waals surface area contributed by atoms with Crippen LogP contribution in [0.2, 0.25) is 0 Å². The van der Waals surface area contributed by atoms with E-state index in [1.165, 1.54) is 33.2 Å². The van der Waals surface area contributed by atoms with E-state index in [0.29, 0.717) is 0 Å². The van der Waals surface area contributed by atoms with E-state index in [1.807, 2.05) is 6.07 Å². The number of fused-ring (bicyclic) bond motifs is 1. The molecule has 0 fully saturated rings. The second kappa shape index (κ2) is 6.01. The van der Waals surface area contributed by atoms with Crippen molar-refractivity contribution < 1.29 is 4.42 Å². The van der Waals surface area contributed by atoms with E-state index < -0.39 is 0 Å². The minimum Gasteiger partial charge on any atom is -0.456 e. The summed E-state index contributed by atoms with van der Waals surface area (Å²) in [4.78, 5) is 0. The number of aryl methyl sites for hydroxylation is 2. The second-order valence-electron chi connectivity index (χ2n) is 6.32. The van der Waals surface area contributed by atoms with Gasteiger partial charge >= 0.3 is 0 Å². The first-order chi connectivity index (χ1) is 11.7. The van der Waals surface area contributed by atoms with E-state index >= 15 is 0 Å². The molecule has 1 aromatic heterocycles. The molecule has 4 rings (SSSR count). The molecule has 4 aromatic rings. The van der Waals surface area contributed by atoms with Gasteiger partial charge in [-0.05, 0) is 36.6 Å². The fourth-order valence-electron chi connectivity index (χ4n) is 3.32. The van der Waals surface area contributed by atoms with Gasteiger partial charge in [-0.25, -0.2) is 0 Å². The number of furan rings is 1. The van der Waals surface area contributed by atoms with Gasteiger partial charge in [0.15, 0.2) is 0 Å². The van der Waals surface area contributed by atoms with Gasteiger partial charge in [0.1, 0.15) is 11.3 Å². The van der Waals surface area contributed by atoms with Gasteiger partial charge in [0.25, 0.3) is 0 Å². The molecule has 0 saturated carbocycles. The zero-order valence-corrected chi connectivity index (χ0v) is 14.0. The van der Waals surface area contributed by atoms with E-state index in [4.69, 9.17) is 4.42 Å². The van der Waals surface area contributed by atoms with Crippen molar-refractivity contribution in [2.45, 2.75) is 20.3 Å². The number of hydrogen-bond donors (Lipinski definition) is 0. The maximum Gasteiger partial charge on any atom is 0.139 e. The number of rotatable bonds is 3. The average Bonchev–Trinajstić information content (AvgIpc) is 2.96. The van der Waals surface area contributed by atoms with Crippen molar-refractivity contribution in [2.75, 3.05) is 0 Å². The lowest BCUT2D eigenvalue weighted by atomic mass is 9.95. The van der Waals surface area contributed by atoms with Gasteiger partial charge in [-0.2, -0.15) is 0 Å². The van der Waals surface area contributed by atoms with Crippen molar-refractivity contribution in [3.05, 3.63) is 95.1 Å². The first kappa shape index (κ1) is 14.8. The van der Waals surface area contributed by atoms with Crippen molar-refractivity contribution in [2.24, 2.45) is 0 Å². The fraction of sp³-hybridized carbons (Fsp3) is 0.130. The zero-order chi connectivity index (χ0) is 16.5. The molecular formula is C23H20O. The van der Waals surface area contributed by atoms with E-state index in [1.54, 1.807) is 0 Å². The van der Waals surface area contributed by atoms with Crippen LogP contribution in [0.25, 0.3) is 22.3 Å². The molecule has 24 heavy (non-hydrogen) atoms. The van der Waals surface area contributed by atoms with Gasteiger partial charge in [-0.15, -0.1) is 0 Å². The summed E-state index contributed by atoms with van der Waals surface area (Å²) in [6.45, 7) is 4.31. The Kier molecular flexibility index (Phi) is 3.70. The van der Waals surface area contributed by atoms with E-state index in [2.05, 4.69) is 80.6 Å². The van der Waals surface area contributed by atoms with Crippen molar-refractivity contribution in [3.8, 4) is 11.3 Å². The highest BCUT2D eigenvalue weighted by atomic mass is 16.3. The van der Waals surface area contributed by atoms with Crippen LogP contribution in [0.4, 0.5) is 0 Å². The Morgan fingerprint density at radius 1 is 0.708 bits per heavy atom. The number of benzene rings is 3. The highest BCUT2D eigenvalue weighted by Crippen LogP contribution is 2.36. The first-order valence-corrected chi connectivity index (χ1v) is 8.35. The van der Waals surface area contributed by atoms with Gasteiger partial charge in [0.2, 0.25) is 0 Å². The summed E-state index contributed by atoms with van der Waals surface area (Å²) in [6.07, 6.45) is 0.882. The van der Waals surface area contributed by atoms with Gasteiger partial charge in [0.05, 0.1) is 0 Å². The molecule has 0 N–H and O–H groups in total. The van der Waals surface area contributed by atoms with Crippen molar-refractivity contribution >= 4 is 11.0 Å². The Labute approximate surface area is 142 Å². The van der Waals surface area contributed by atoms with E-state index in [0.717, 1.165) is 17.8 Å². The van der Waals surface area contributed by atoms with Crippen molar-refractivity contribution in [1.82, 2.24) is 0 Å². The van der Waals surface area contributed by atoms with Crippen LogP contribution in [-0.2, 0) is 6.42 Å². The third kappa shape index (κ3) is 2.52. The van der Waals surface area contributed by atoms with Crippen LogP contribution in [-0.4, -0.2) is 0 Å². The quantitative estimate of drug-likeness (QED) is 0.432. The highest BCUT2D eigenvalue weighted by Gasteiger charge is 2.17. The molecule has 0 aliphatic heterocycles. The van der Waals surface area contributed by atoms with Gasteiger partial charge in [-0.1, -0.05) is 66.7 Å². The average molecular weight is 312 g/mol. The molecule has 1 nitrogen and oxygen atoms in total. The normalized spacial score (nSPS) is 11.1. The predicted octanol–water partition coefficient (Wildman–Crippen LogP) is 6.31. The van der Waals surface area contributed by atoms with Crippen LogP contribution in [0.3, 0.4) is 0 Å².